The summed E-state index contributed by atoms with van der Waals surface area (Å²) in [5, 5.41) is 9.14. The van der Waals surface area contributed by atoms with Crippen molar-refractivity contribution in [1.29, 1.82) is 5.26 Å². The van der Waals surface area contributed by atoms with E-state index in [1.54, 1.807) is 0 Å². The topological polar surface area (TPSA) is 27.7 Å². The number of aromatic nitrogens is 1. The molecule has 0 N–H and O–H groups in total. The van der Waals surface area contributed by atoms with Crippen LogP contribution in [-0.4, -0.2) is 0 Å². The molecule has 0 saturated heterocycles. The van der Waals surface area contributed by atoms with Crippen LogP contribution in [0.15, 0.2) is 60.8 Å². The predicted octanol–water partition coefficient (Wildman–Crippen LogP) is 7.29. The summed E-state index contributed by atoms with van der Waals surface area (Å²) >= 11 is 0. The first-order chi connectivity index (χ1) is 15.1. The third-order valence-electron chi connectivity index (χ3n) is 7.27. The molecule has 2 atom stereocenters. The van der Waals surface area contributed by atoms with Gasteiger partial charge in [-0.1, -0.05) is 57.9 Å². The number of hydrogen-bond acceptors (Lipinski definition) is 1. The number of aryl methyl sites for hydroxylation is 1. The molecule has 0 aliphatic carbocycles. The fourth-order valence-corrected chi connectivity index (χ4v) is 5.65. The van der Waals surface area contributed by atoms with Crippen LogP contribution in [-0.2, 0) is 5.41 Å². The molecule has 2 nitrogen and oxygen atoms in total. The third kappa shape index (κ3) is 3.57. The quantitative estimate of drug-likeness (QED) is 0.393. The lowest BCUT2D eigenvalue weighted by Crippen LogP contribution is -2.55. The highest BCUT2D eigenvalue weighted by atomic mass is 15.0. The number of nitrogens with zero attached hydrogens (tertiary/aromatic N) is 2. The van der Waals surface area contributed by atoms with Crippen molar-refractivity contribution in [3.05, 3.63) is 77.5 Å². The van der Waals surface area contributed by atoms with E-state index in [9.17, 15) is 0 Å². The van der Waals surface area contributed by atoms with Crippen molar-refractivity contribution >= 4 is 0 Å². The van der Waals surface area contributed by atoms with E-state index in [1.807, 2.05) is 12.1 Å². The number of nitriles is 1. The maximum absolute atomic E-state index is 9.14. The van der Waals surface area contributed by atoms with Crippen molar-refractivity contribution in [1.82, 2.24) is 0 Å². The predicted molar refractivity (Wildman–Crippen MR) is 128 cm³/mol. The first-order valence-electron chi connectivity index (χ1n) is 11.7. The molecule has 0 spiro atoms. The second-order valence-corrected chi connectivity index (χ2v) is 8.99. The standard InChI is InChI=1S/C29H33N2/c1-5-8-17-29(7-3)26-15-14-24(23-12-10-22(19-30)11-13-23)18-25(26)27-16-9-21(4)20-31(27)28(29)6-2/h9-16,18,20,28H,5-8,17H2,1-4H3/q+1. The van der Waals surface area contributed by atoms with Gasteiger partial charge >= 0.3 is 0 Å². The van der Waals surface area contributed by atoms with Crippen LogP contribution in [0.5, 0.6) is 0 Å². The van der Waals surface area contributed by atoms with Crippen LogP contribution in [0.3, 0.4) is 0 Å². The summed E-state index contributed by atoms with van der Waals surface area (Å²) in [6.07, 6.45) is 8.34. The minimum atomic E-state index is 0.161. The summed E-state index contributed by atoms with van der Waals surface area (Å²) in [7, 11) is 0. The Bertz CT molecular complexity index is 1120. The summed E-state index contributed by atoms with van der Waals surface area (Å²) in [6.45, 7) is 9.21. The van der Waals surface area contributed by atoms with Crippen LogP contribution in [0.4, 0.5) is 0 Å². The van der Waals surface area contributed by atoms with E-state index >= 15 is 0 Å². The Balaban J connectivity index is 1.95. The summed E-state index contributed by atoms with van der Waals surface area (Å²) < 4.78 is 2.57. The maximum Gasteiger partial charge on any atom is 0.213 e. The van der Waals surface area contributed by atoms with Crippen LogP contribution in [0.25, 0.3) is 22.4 Å². The Hall–Kier alpha value is -2.92. The van der Waals surface area contributed by atoms with Gasteiger partial charge in [0, 0.05) is 18.1 Å². The molecule has 0 fully saturated rings. The van der Waals surface area contributed by atoms with Gasteiger partial charge in [-0.2, -0.15) is 9.83 Å². The highest BCUT2D eigenvalue weighted by Crippen LogP contribution is 2.50. The molecule has 1 aromatic heterocycles. The molecule has 2 heterocycles. The highest BCUT2D eigenvalue weighted by Gasteiger charge is 2.49. The molecule has 0 radical (unpaired) electrons. The van der Waals surface area contributed by atoms with Crippen molar-refractivity contribution in [3.63, 3.8) is 0 Å². The largest absolute Gasteiger partial charge is 0.213 e. The van der Waals surface area contributed by atoms with E-state index in [0.717, 1.165) is 18.4 Å². The van der Waals surface area contributed by atoms with Crippen molar-refractivity contribution < 1.29 is 4.57 Å². The zero-order chi connectivity index (χ0) is 22.0. The summed E-state index contributed by atoms with van der Waals surface area (Å²) in [6, 6.07) is 22.2. The van der Waals surface area contributed by atoms with Gasteiger partial charge in [-0.3, -0.25) is 0 Å². The average molecular weight is 410 g/mol. The maximum atomic E-state index is 9.14. The lowest BCUT2D eigenvalue weighted by Gasteiger charge is -2.42. The minimum absolute atomic E-state index is 0.161. The minimum Gasteiger partial charge on any atom is -0.194 e. The first-order valence-corrected chi connectivity index (χ1v) is 11.7. The van der Waals surface area contributed by atoms with E-state index in [0.29, 0.717) is 11.6 Å². The van der Waals surface area contributed by atoms with E-state index in [2.05, 4.69) is 87.0 Å². The molecule has 2 aromatic carbocycles. The first kappa shape index (κ1) is 21.3. The van der Waals surface area contributed by atoms with Crippen LogP contribution >= 0.6 is 0 Å². The molecular formula is C29H33N2+. The Morgan fingerprint density at radius 2 is 1.71 bits per heavy atom. The fourth-order valence-electron chi connectivity index (χ4n) is 5.65. The zero-order valence-electron chi connectivity index (χ0n) is 19.3. The van der Waals surface area contributed by atoms with Crippen molar-refractivity contribution in [3.8, 4) is 28.5 Å². The monoisotopic (exact) mass is 409 g/mol. The van der Waals surface area contributed by atoms with Crippen LogP contribution in [0, 0.1) is 18.3 Å². The molecule has 31 heavy (non-hydrogen) atoms. The SMILES string of the molecule is CCCCC1(CC)c2ccc(-c3ccc(C#N)cc3)cc2-c2ccc(C)c[n+]2C1CC. The van der Waals surface area contributed by atoms with Gasteiger partial charge in [0.1, 0.15) is 0 Å². The van der Waals surface area contributed by atoms with Crippen LogP contribution < -0.4 is 4.57 Å². The number of pyridine rings is 1. The van der Waals surface area contributed by atoms with Gasteiger partial charge in [0.05, 0.1) is 22.6 Å². The molecule has 4 rings (SSSR count). The Labute approximate surface area is 187 Å². The van der Waals surface area contributed by atoms with Gasteiger partial charge in [-0.05, 0) is 60.7 Å². The van der Waals surface area contributed by atoms with Crippen molar-refractivity contribution in [2.45, 2.75) is 71.3 Å². The van der Waals surface area contributed by atoms with Gasteiger partial charge < -0.3 is 0 Å². The number of hydrogen-bond donors (Lipinski definition) is 0. The number of unbranched alkanes of at least 4 members (excludes halogenated alkanes) is 1. The summed E-state index contributed by atoms with van der Waals surface area (Å²) in [5.74, 6) is 0. The highest BCUT2D eigenvalue weighted by molar-refractivity contribution is 5.75. The Morgan fingerprint density at radius 1 is 0.968 bits per heavy atom. The molecule has 2 heteroatoms. The zero-order valence-corrected chi connectivity index (χ0v) is 19.3. The molecule has 3 aromatic rings. The molecule has 1 aliphatic rings. The number of benzene rings is 2. The Kier molecular flexibility index (Phi) is 5.96. The molecule has 158 valence electrons. The van der Waals surface area contributed by atoms with Gasteiger partial charge in [0.25, 0.3) is 0 Å². The summed E-state index contributed by atoms with van der Waals surface area (Å²) in [5.41, 5.74) is 8.75. The van der Waals surface area contributed by atoms with E-state index in [-0.39, 0.29) is 5.41 Å². The van der Waals surface area contributed by atoms with Crippen LogP contribution in [0.2, 0.25) is 0 Å². The van der Waals surface area contributed by atoms with Crippen LogP contribution in [0.1, 0.15) is 75.6 Å². The molecular weight excluding hydrogens is 376 g/mol. The summed E-state index contributed by atoms with van der Waals surface area (Å²) in [4.78, 5) is 0. The van der Waals surface area contributed by atoms with E-state index < -0.39 is 0 Å². The molecule has 0 amide bonds. The fraction of sp³-hybridized carbons (Fsp3) is 0.379. The van der Waals surface area contributed by atoms with Gasteiger partial charge in [-0.25, -0.2) is 0 Å². The Morgan fingerprint density at radius 3 is 2.35 bits per heavy atom. The smallest absolute Gasteiger partial charge is 0.194 e. The molecule has 2 unspecified atom stereocenters. The van der Waals surface area contributed by atoms with Crippen molar-refractivity contribution in [2.24, 2.45) is 0 Å². The third-order valence-corrected chi connectivity index (χ3v) is 7.27. The van der Waals surface area contributed by atoms with Crippen molar-refractivity contribution in [2.75, 3.05) is 0 Å². The van der Waals surface area contributed by atoms with Gasteiger partial charge in [0.2, 0.25) is 5.69 Å². The molecule has 0 bridgehead atoms. The molecule has 0 saturated carbocycles. The number of rotatable bonds is 6. The van der Waals surface area contributed by atoms with Gasteiger partial charge in [-0.15, -0.1) is 0 Å². The second-order valence-electron chi connectivity index (χ2n) is 8.99. The average Bonchev–Trinajstić information content (AvgIpc) is 2.81. The van der Waals surface area contributed by atoms with Gasteiger partial charge in [0.15, 0.2) is 12.2 Å². The second kappa shape index (κ2) is 8.67. The lowest BCUT2D eigenvalue weighted by atomic mass is 9.64. The normalized spacial score (nSPS) is 19.4. The lowest BCUT2D eigenvalue weighted by molar-refractivity contribution is -0.725. The van der Waals surface area contributed by atoms with E-state index in [1.165, 1.54) is 47.2 Å². The van der Waals surface area contributed by atoms with E-state index in [4.69, 9.17) is 5.26 Å². The number of fused-ring (bicyclic) bond motifs is 3. The molecule has 1 aliphatic heterocycles.